The van der Waals surface area contributed by atoms with Gasteiger partial charge in [-0.2, -0.15) is 0 Å². The van der Waals surface area contributed by atoms with Crippen molar-refractivity contribution in [3.05, 3.63) is 65.4 Å². The second-order valence-corrected chi connectivity index (χ2v) is 8.26. The lowest BCUT2D eigenvalue weighted by Crippen LogP contribution is -2.41. The smallest absolute Gasteiger partial charge is 0.276 e. The molecule has 6 heteroatoms. The monoisotopic (exact) mass is 436 g/mol. The normalized spacial score (nSPS) is 18.4. The molecule has 2 fully saturated rings. The van der Waals surface area contributed by atoms with Gasteiger partial charge < -0.3 is 14.8 Å². The molecule has 1 saturated heterocycles. The van der Waals surface area contributed by atoms with Crippen molar-refractivity contribution in [1.82, 2.24) is 10.2 Å². The summed E-state index contributed by atoms with van der Waals surface area (Å²) in [6, 6.07) is 15.9. The lowest BCUT2D eigenvalue weighted by atomic mass is 9.94. The van der Waals surface area contributed by atoms with Gasteiger partial charge >= 0.3 is 0 Å². The van der Waals surface area contributed by atoms with Gasteiger partial charge in [0.2, 0.25) is 0 Å². The number of carbonyl (C=O) groups excluding carboxylic acids is 1. The number of benzene rings is 2. The predicted octanol–water partition coefficient (Wildman–Crippen LogP) is 5.05. The zero-order valence-corrected chi connectivity index (χ0v) is 18.6. The van der Waals surface area contributed by atoms with Crippen LogP contribution in [0, 0.1) is 0 Å². The van der Waals surface area contributed by atoms with Gasteiger partial charge in [0, 0.05) is 6.04 Å². The van der Waals surface area contributed by atoms with E-state index < -0.39 is 0 Å². The summed E-state index contributed by atoms with van der Waals surface area (Å²) in [4.78, 5) is 14.8. The van der Waals surface area contributed by atoms with Crippen LogP contribution in [0.1, 0.15) is 50.2 Å². The molecule has 5 nitrogen and oxygen atoms in total. The fourth-order valence-corrected chi connectivity index (χ4v) is 4.47. The largest absolute Gasteiger partial charge is 0.490 e. The number of nitrogens with one attached hydrogen (secondary N) is 1. The molecule has 0 radical (unpaired) electrons. The first-order valence-corrected chi connectivity index (χ1v) is 11.4. The number of ether oxygens (including phenoxy) is 2. The molecule has 162 valence electrons. The highest BCUT2D eigenvalue weighted by molar-refractivity contribution is 7.80. The van der Waals surface area contributed by atoms with Crippen molar-refractivity contribution in [2.24, 2.45) is 0 Å². The summed E-state index contributed by atoms with van der Waals surface area (Å²) in [5.41, 5.74) is 2.46. The number of rotatable bonds is 7. The molecule has 2 aromatic carbocycles. The third-order valence-corrected chi connectivity index (χ3v) is 5.96. The fourth-order valence-electron chi connectivity index (χ4n) is 4.12. The predicted molar refractivity (Wildman–Crippen MR) is 126 cm³/mol. The SMILES string of the molecule is CCOc1cc(/C=C2\NC(=S)N(C3CCCCC3)C2=O)ccc1OCc1ccccc1. The number of amides is 1. The third kappa shape index (κ3) is 5.07. The zero-order valence-electron chi connectivity index (χ0n) is 17.8. The molecule has 0 aromatic heterocycles. The van der Waals surface area contributed by atoms with Crippen molar-refractivity contribution in [3.8, 4) is 11.5 Å². The van der Waals surface area contributed by atoms with Crippen molar-refractivity contribution in [3.63, 3.8) is 0 Å². The average Bonchev–Trinajstić information content (AvgIpc) is 3.07. The molecular formula is C25H28N2O3S. The molecule has 1 heterocycles. The summed E-state index contributed by atoms with van der Waals surface area (Å²) >= 11 is 5.47. The molecule has 1 saturated carbocycles. The Morgan fingerprint density at radius 3 is 2.58 bits per heavy atom. The molecule has 1 N–H and O–H groups in total. The molecule has 0 unspecified atom stereocenters. The molecule has 0 spiro atoms. The minimum absolute atomic E-state index is 0.0423. The molecule has 31 heavy (non-hydrogen) atoms. The number of hydrogen-bond acceptors (Lipinski definition) is 4. The zero-order chi connectivity index (χ0) is 21.6. The van der Waals surface area contributed by atoms with E-state index >= 15 is 0 Å². The van der Waals surface area contributed by atoms with Crippen molar-refractivity contribution in [2.45, 2.75) is 51.7 Å². The van der Waals surface area contributed by atoms with Gasteiger partial charge in [0.25, 0.3) is 5.91 Å². The van der Waals surface area contributed by atoms with Crippen molar-refractivity contribution < 1.29 is 14.3 Å². The first-order chi connectivity index (χ1) is 15.2. The molecular weight excluding hydrogens is 408 g/mol. The van der Waals surface area contributed by atoms with Gasteiger partial charge in [0.15, 0.2) is 16.6 Å². The first-order valence-electron chi connectivity index (χ1n) is 11.0. The topological polar surface area (TPSA) is 50.8 Å². The maximum atomic E-state index is 13.0. The van der Waals surface area contributed by atoms with E-state index in [1.807, 2.05) is 61.5 Å². The van der Waals surface area contributed by atoms with E-state index in [-0.39, 0.29) is 11.9 Å². The van der Waals surface area contributed by atoms with Crippen LogP contribution in [0.4, 0.5) is 0 Å². The number of hydrogen-bond donors (Lipinski definition) is 1. The van der Waals surface area contributed by atoms with Gasteiger partial charge in [-0.05, 0) is 61.3 Å². The fraction of sp³-hybridized carbons (Fsp3) is 0.360. The van der Waals surface area contributed by atoms with E-state index in [0.29, 0.717) is 35.5 Å². The van der Waals surface area contributed by atoms with Crippen LogP contribution in [0.25, 0.3) is 6.08 Å². The Bertz CT molecular complexity index is 968. The molecule has 2 aliphatic rings. The van der Waals surface area contributed by atoms with Crippen LogP contribution in [-0.4, -0.2) is 28.6 Å². The second kappa shape index (κ2) is 9.96. The minimum atomic E-state index is -0.0423. The van der Waals surface area contributed by atoms with Crippen LogP contribution in [-0.2, 0) is 11.4 Å². The van der Waals surface area contributed by atoms with Crippen LogP contribution in [0.3, 0.4) is 0 Å². The molecule has 1 aliphatic heterocycles. The third-order valence-electron chi connectivity index (χ3n) is 5.67. The standard InChI is InChI=1S/C25H28N2O3S/c1-2-29-23-16-19(13-14-22(23)30-17-18-9-5-3-6-10-18)15-21-24(28)27(25(31)26-21)20-11-7-4-8-12-20/h3,5-6,9-10,13-16,20H,2,4,7-8,11-12,17H2,1H3,(H,26,31)/b21-15-. The lowest BCUT2D eigenvalue weighted by molar-refractivity contribution is -0.124. The van der Waals surface area contributed by atoms with Crippen LogP contribution in [0.15, 0.2) is 54.2 Å². The van der Waals surface area contributed by atoms with Gasteiger partial charge in [-0.3, -0.25) is 9.69 Å². The number of nitrogens with zero attached hydrogens (tertiary/aromatic N) is 1. The Morgan fingerprint density at radius 2 is 1.84 bits per heavy atom. The molecule has 1 aliphatic carbocycles. The summed E-state index contributed by atoms with van der Waals surface area (Å²) in [5, 5.41) is 3.62. The number of carbonyl (C=O) groups is 1. The Balaban J connectivity index is 1.51. The van der Waals surface area contributed by atoms with Crippen molar-refractivity contribution in [1.29, 1.82) is 0 Å². The molecule has 4 rings (SSSR count). The Hall–Kier alpha value is -2.86. The van der Waals surface area contributed by atoms with Gasteiger partial charge in [-0.25, -0.2) is 0 Å². The van der Waals surface area contributed by atoms with Crippen LogP contribution in [0.2, 0.25) is 0 Å². The molecule has 0 bridgehead atoms. The van der Waals surface area contributed by atoms with E-state index in [9.17, 15) is 4.79 Å². The summed E-state index contributed by atoms with van der Waals surface area (Å²) < 4.78 is 11.8. The second-order valence-electron chi connectivity index (χ2n) is 7.87. The lowest BCUT2D eigenvalue weighted by Gasteiger charge is -2.29. The van der Waals surface area contributed by atoms with Gasteiger partial charge in [-0.1, -0.05) is 55.7 Å². The maximum Gasteiger partial charge on any atom is 0.276 e. The summed E-state index contributed by atoms with van der Waals surface area (Å²) in [5.74, 6) is 1.29. The molecule has 0 atom stereocenters. The highest BCUT2D eigenvalue weighted by atomic mass is 32.1. The van der Waals surface area contributed by atoms with E-state index in [0.717, 1.165) is 36.8 Å². The molecule has 1 amide bonds. The van der Waals surface area contributed by atoms with Gasteiger partial charge in [0.05, 0.1) is 6.61 Å². The number of thiocarbonyl (C=S) groups is 1. The van der Waals surface area contributed by atoms with Crippen molar-refractivity contribution >= 4 is 29.3 Å². The van der Waals surface area contributed by atoms with Crippen LogP contribution >= 0.6 is 12.2 Å². The Labute approximate surface area is 189 Å². The minimum Gasteiger partial charge on any atom is -0.490 e. The van der Waals surface area contributed by atoms with Crippen molar-refractivity contribution in [2.75, 3.05) is 6.61 Å². The summed E-state index contributed by atoms with van der Waals surface area (Å²) in [7, 11) is 0. The van der Waals surface area contributed by atoms with E-state index in [1.165, 1.54) is 6.42 Å². The first kappa shape index (κ1) is 21.4. The summed E-state index contributed by atoms with van der Waals surface area (Å²) in [6.45, 7) is 2.93. The quantitative estimate of drug-likeness (QED) is 0.486. The Morgan fingerprint density at radius 1 is 1.06 bits per heavy atom. The van der Waals surface area contributed by atoms with E-state index in [2.05, 4.69) is 5.32 Å². The van der Waals surface area contributed by atoms with Gasteiger partial charge in [0.1, 0.15) is 12.3 Å². The highest BCUT2D eigenvalue weighted by Crippen LogP contribution is 2.31. The van der Waals surface area contributed by atoms with Crippen LogP contribution in [0.5, 0.6) is 11.5 Å². The maximum absolute atomic E-state index is 13.0. The van der Waals surface area contributed by atoms with E-state index in [1.54, 1.807) is 4.90 Å². The molecule has 2 aromatic rings. The Kier molecular flexibility index (Phi) is 6.87. The van der Waals surface area contributed by atoms with E-state index in [4.69, 9.17) is 21.7 Å². The van der Waals surface area contributed by atoms with Gasteiger partial charge in [-0.15, -0.1) is 0 Å². The average molecular weight is 437 g/mol. The van der Waals surface area contributed by atoms with Crippen LogP contribution < -0.4 is 14.8 Å². The highest BCUT2D eigenvalue weighted by Gasteiger charge is 2.36. The summed E-state index contributed by atoms with van der Waals surface area (Å²) in [6.07, 6.45) is 7.41.